The van der Waals surface area contributed by atoms with Gasteiger partial charge in [-0.2, -0.15) is 5.26 Å². The first-order valence-electron chi connectivity index (χ1n) is 7.83. The summed E-state index contributed by atoms with van der Waals surface area (Å²) in [4.78, 5) is 4.31. The van der Waals surface area contributed by atoms with E-state index in [4.69, 9.17) is 18.9 Å². The average molecular weight is 366 g/mol. The maximum Gasteiger partial charge on any atom is 0.231 e. The Bertz CT molecular complexity index is 993. The zero-order valence-corrected chi connectivity index (χ0v) is 14.7. The van der Waals surface area contributed by atoms with Crippen LogP contribution in [0.15, 0.2) is 41.8 Å². The van der Waals surface area contributed by atoms with E-state index >= 15 is 0 Å². The summed E-state index contributed by atoms with van der Waals surface area (Å²) in [6.45, 7) is 0.475. The number of nitrogens with zero attached hydrogens (tertiary/aromatic N) is 2. The molecule has 0 spiro atoms. The quantitative estimate of drug-likeness (QED) is 0.680. The van der Waals surface area contributed by atoms with Gasteiger partial charge in [-0.1, -0.05) is 12.1 Å². The predicted octanol–water partition coefficient (Wildman–Crippen LogP) is 4.00. The molecule has 130 valence electrons. The van der Waals surface area contributed by atoms with Crippen LogP contribution < -0.4 is 18.9 Å². The van der Waals surface area contributed by atoms with Gasteiger partial charge in [-0.05, 0) is 23.8 Å². The Balaban J connectivity index is 1.58. The fourth-order valence-electron chi connectivity index (χ4n) is 2.62. The Hall–Kier alpha value is -3.24. The van der Waals surface area contributed by atoms with Gasteiger partial charge in [-0.15, -0.1) is 11.3 Å². The van der Waals surface area contributed by atoms with E-state index in [0.29, 0.717) is 28.0 Å². The lowest BCUT2D eigenvalue weighted by Gasteiger charge is -2.06. The summed E-state index contributed by atoms with van der Waals surface area (Å²) in [6.07, 6.45) is 0. The van der Waals surface area contributed by atoms with E-state index < -0.39 is 0 Å². The molecule has 0 aliphatic carbocycles. The molecule has 0 unspecified atom stereocenters. The highest BCUT2D eigenvalue weighted by Gasteiger charge is 2.19. The van der Waals surface area contributed by atoms with Crippen LogP contribution in [0.1, 0.15) is 11.3 Å². The molecule has 7 heteroatoms. The van der Waals surface area contributed by atoms with Crippen molar-refractivity contribution >= 4 is 11.3 Å². The smallest absolute Gasteiger partial charge is 0.231 e. The molecular weight excluding hydrogens is 352 g/mol. The predicted molar refractivity (Wildman–Crippen MR) is 95.7 cm³/mol. The summed E-state index contributed by atoms with van der Waals surface area (Å²) < 4.78 is 21.7. The lowest BCUT2D eigenvalue weighted by molar-refractivity contribution is 0.174. The molecule has 3 heterocycles. The van der Waals surface area contributed by atoms with Crippen LogP contribution in [0.4, 0.5) is 0 Å². The molecule has 1 aliphatic heterocycles. The van der Waals surface area contributed by atoms with E-state index in [1.54, 1.807) is 13.2 Å². The molecule has 1 aromatic carbocycles. The maximum atomic E-state index is 9.61. The normalized spacial score (nSPS) is 11.8. The van der Waals surface area contributed by atoms with Gasteiger partial charge in [-0.25, -0.2) is 4.98 Å². The second-order valence-electron chi connectivity index (χ2n) is 5.45. The average Bonchev–Trinajstić information content (AvgIpc) is 3.32. The molecule has 3 aromatic rings. The molecule has 0 saturated carbocycles. The Morgan fingerprint density at radius 3 is 2.96 bits per heavy atom. The van der Waals surface area contributed by atoms with E-state index in [1.807, 2.05) is 35.7 Å². The highest BCUT2D eigenvalue weighted by molar-refractivity contribution is 7.12. The van der Waals surface area contributed by atoms with E-state index in [0.717, 1.165) is 16.8 Å². The largest absolute Gasteiger partial charge is 0.481 e. The molecule has 26 heavy (non-hydrogen) atoms. The van der Waals surface area contributed by atoms with E-state index in [9.17, 15) is 5.26 Å². The summed E-state index contributed by atoms with van der Waals surface area (Å²) in [5.74, 6) is 1.92. The third-order valence-electron chi connectivity index (χ3n) is 3.89. The zero-order chi connectivity index (χ0) is 17.9. The van der Waals surface area contributed by atoms with Crippen molar-refractivity contribution in [3.63, 3.8) is 0 Å². The minimum absolute atomic E-state index is 0.218. The number of aromatic nitrogens is 1. The van der Waals surface area contributed by atoms with Crippen LogP contribution in [0, 0.1) is 11.3 Å². The Kier molecular flexibility index (Phi) is 4.33. The summed E-state index contributed by atoms with van der Waals surface area (Å²) in [5, 5.41) is 12.1. The van der Waals surface area contributed by atoms with Crippen molar-refractivity contribution in [3.05, 3.63) is 53.0 Å². The van der Waals surface area contributed by atoms with Crippen LogP contribution in [0.2, 0.25) is 0 Å². The van der Waals surface area contributed by atoms with Crippen molar-refractivity contribution in [2.75, 3.05) is 13.9 Å². The Morgan fingerprint density at radius 1 is 1.23 bits per heavy atom. The number of pyridine rings is 1. The minimum Gasteiger partial charge on any atom is -0.481 e. The molecule has 2 aromatic heterocycles. The van der Waals surface area contributed by atoms with Crippen molar-refractivity contribution in [2.24, 2.45) is 0 Å². The molecule has 0 N–H and O–H groups in total. The van der Waals surface area contributed by atoms with Gasteiger partial charge in [0.15, 0.2) is 16.6 Å². The van der Waals surface area contributed by atoms with Gasteiger partial charge in [0.25, 0.3) is 0 Å². The standard InChI is InChI=1S/C19H14N2O4S/c1-22-18-4-2-3-13(21-18)9-23-19-14(8-20)15(10-26-19)12-5-6-16-17(7-12)25-11-24-16/h2-7,10H,9,11H2,1H3. The van der Waals surface area contributed by atoms with E-state index in [-0.39, 0.29) is 13.4 Å². The zero-order valence-electron chi connectivity index (χ0n) is 13.9. The summed E-state index contributed by atoms with van der Waals surface area (Å²) in [6, 6.07) is 13.3. The van der Waals surface area contributed by atoms with E-state index in [1.165, 1.54) is 11.3 Å². The van der Waals surface area contributed by atoms with Crippen LogP contribution in [0.25, 0.3) is 11.1 Å². The molecule has 0 radical (unpaired) electrons. The summed E-state index contributed by atoms with van der Waals surface area (Å²) in [5.41, 5.74) is 2.92. The minimum atomic E-state index is 0.218. The monoisotopic (exact) mass is 366 g/mol. The number of hydrogen-bond donors (Lipinski definition) is 0. The molecule has 0 fully saturated rings. The van der Waals surface area contributed by atoms with Gasteiger partial charge in [0.2, 0.25) is 12.7 Å². The Morgan fingerprint density at radius 2 is 2.12 bits per heavy atom. The van der Waals surface area contributed by atoms with Gasteiger partial charge in [0.1, 0.15) is 18.2 Å². The molecule has 0 bridgehead atoms. The fourth-order valence-corrected chi connectivity index (χ4v) is 3.50. The van der Waals surface area contributed by atoms with Crippen molar-refractivity contribution in [1.82, 2.24) is 4.98 Å². The maximum absolute atomic E-state index is 9.61. The lowest BCUT2D eigenvalue weighted by atomic mass is 10.0. The number of nitriles is 1. The molecule has 4 rings (SSSR count). The number of rotatable bonds is 5. The molecule has 0 amide bonds. The second kappa shape index (κ2) is 6.94. The molecular formula is C19H14N2O4S. The molecule has 0 atom stereocenters. The molecule has 6 nitrogen and oxygen atoms in total. The SMILES string of the molecule is COc1cccc(COc2scc(-c3ccc4c(c3)OCO4)c2C#N)n1. The highest BCUT2D eigenvalue weighted by Crippen LogP contribution is 2.41. The van der Waals surface area contributed by atoms with Gasteiger partial charge < -0.3 is 18.9 Å². The molecule has 1 aliphatic rings. The first-order chi connectivity index (χ1) is 12.8. The van der Waals surface area contributed by atoms with Crippen LogP contribution in [0.3, 0.4) is 0 Å². The number of fused-ring (bicyclic) bond motifs is 1. The van der Waals surface area contributed by atoms with Gasteiger partial charge >= 0.3 is 0 Å². The van der Waals surface area contributed by atoms with Crippen molar-refractivity contribution in [1.29, 1.82) is 5.26 Å². The number of thiophene rings is 1. The topological polar surface area (TPSA) is 73.6 Å². The first kappa shape index (κ1) is 16.2. The summed E-state index contributed by atoms with van der Waals surface area (Å²) in [7, 11) is 1.57. The van der Waals surface area contributed by atoms with Crippen molar-refractivity contribution in [2.45, 2.75) is 6.61 Å². The second-order valence-corrected chi connectivity index (χ2v) is 6.29. The van der Waals surface area contributed by atoms with Crippen molar-refractivity contribution in [3.8, 4) is 39.6 Å². The van der Waals surface area contributed by atoms with E-state index in [2.05, 4.69) is 11.1 Å². The number of ether oxygens (including phenoxy) is 4. The first-order valence-corrected chi connectivity index (χ1v) is 8.71. The van der Waals surface area contributed by atoms with Crippen LogP contribution in [-0.4, -0.2) is 18.9 Å². The number of methoxy groups -OCH3 is 1. The number of benzene rings is 1. The van der Waals surface area contributed by atoms with Gasteiger partial charge in [0, 0.05) is 17.0 Å². The lowest BCUT2D eigenvalue weighted by Crippen LogP contribution is -1.99. The van der Waals surface area contributed by atoms with Crippen molar-refractivity contribution < 1.29 is 18.9 Å². The molecule has 0 saturated heterocycles. The van der Waals surface area contributed by atoms with Crippen LogP contribution in [0.5, 0.6) is 22.4 Å². The van der Waals surface area contributed by atoms with Crippen LogP contribution >= 0.6 is 11.3 Å². The fraction of sp³-hybridized carbons (Fsp3) is 0.158. The van der Waals surface area contributed by atoms with Gasteiger partial charge in [-0.3, -0.25) is 0 Å². The number of hydrogen-bond acceptors (Lipinski definition) is 7. The third-order valence-corrected chi connectivity index (χ3v) is 4.78. The van der Waals surface area contributed by atoms with Crippen LogP contribution in [-0.2, 0) is 6.61 Å². The van der Waals surface area contributed by atoms with Gasteiger partial charge in [0.05, 0.1) is 12.8 Å². The Labute approximate surface area is 154 Å². The third kappa shape index (κ3) is 3.03. The highest BCUT2D eigenvalue weighted by atomic mass is 32.1. The summed E-state index contributed by atoms with van der Waals surface area (Å²) >= 11 is 1.38.